The first-order valence-electron chi connectivity index (χ1n) is 12.1. The van der Waals surface area contributed by atoms with Crippen molar-refractivity contribution >= 4 is 29.4 Å². The van der Waals surface area contributed by atoms with E-state index in [0.717, 1.165) is 24.0 Å². The van der Waals surface area contributed by atoms with E-state index >= 15 is 0 Å². The number of halogens is 1. The van der Waals surface area contributed by atoms with Gasteiger partial charge in [-0.25, -0.2) is 9.97 Å². The van der Waals surface area contributed by atoms with E-state index in [9.17, 15) is 14.7 Å². The van der Waals surface area contributed by atoms with Crippen LogP contribution in [0.25, 0.3) is 11.3 Å². The Morgan fingerprint density at radius 1 is 1.27 bits per heavy atom. The van der Waals surface area contributed by atoms with Gasteiger partial charge in [-0.3, -0.25) is 9.59 Å². The number of amides is 2. The lowest BCUT2D eigenvalue weighted by Gasteiger charge is -2.19. The minimum atomic E-state index is -0.371. The van der Waals surface area contributed by atoms with Crippen LogP contribution < -0.4 is 15.4 Å². The standard InChI is InChI=1S/C27H28ClN5O4/c1-16(17-4-3-5-20(10-17)37-2)30-23(35)14-33-13-19-7-6-18(11-21(19)25(33)36)24-22(28)12-29-26(31-24)32-27(15-34)8-9-27/h3-7,10-12,16,34H,8-9,13-15H2,1-2H3,(H,30,35)(H,29,31,32). The quantitative estimate of drug-likeness (QED) is 0.394. The van der Waals surface area contributed by atoms with Gasteiger partial charge in [-0.15, -0.1) is 0 Å². The van der Waals surface area contributed by atoms with Crippen LogP contribution in [0.1, 0.15) is 47.3 Å². The Labute approximate surface area is 219 Å². The van der Waals surface area contributed by atoms with Crippen LogP contribution in [0.3, 0.4) is 0 Å². The molecular formula is C27H28ClN5O4. The molecule has 0 spiro atoms. The predicted octanol–water partition coefficient (Wildman–Crippen LogP) is 3.58. The number of ether oxygens (including phenoxy) is 1. The first-order chi connectivity index (χ1) is 17.8. The van der Waals surface area contributed by atoms with Gasteiger partial charge in [-0.2, -0.15) is 0 Å². The Morgan fingerprint density at radius 3 is 2.81 bits per heavy atom. The number of benzene rings is 2. The van der Waals surface area contributed by atoms with Crippen molar-refractivity contribution in [2.24, 2.45) is 0 Å². The maximum Gasteiger partial charge on any atom is 0.254 e. The summed E-state index contributed by atoms with van der Waals surface area (Å²) in [4.78, 5) is 36.2. The summed E-state index contributed by atoms with van der Waals surface area (Å²) in [5, 5.41) is 16.1. The Morgan fingerprint density at radius 2 is 2.08 bits per heavy atom. The van der Waals surface area contributed by atoms with Crippen LogP contribution >= 0.6 is 11.6 Å². The van der Waals surface area contributed by atoms with Crippen molar-refractivity contribution in [1.82, 2.24) is 20.2 Å². The predicted molar refractivity (Wildman–Crippen MR) is 139 cm³/mol. The van der Waals surface area contributed by atoms with Gasteiger partial charge >= 0.3 is 0 Å². The molecule has 0 saturated heterocycles. The summed E-state index contributed by atoms with van der Waals surface area (Å²) in [7, 11) is 1.60. The molecule has 5 rings (SSSR count). The molecular weight excluding hydrogens is 494 g/mol. The second-order valence-corrected chi connectivity index (χ2v) is 9.96. The molecule has 2 aromatic carbocycles. The fraction of sp³-hybridized carbons (Fsp3) is 0.333. The van der Waals surface area contributed by atoms with Crippen molar-refractivity contribution in [1.29, 1.82) is 0 Å². The second-order valence-electron chi connectivity index (χ2n) is 9.55. The Bertz CT molecular complexity index is 1360. The number of hydrogen-bond acceptors (Lipinski definition) is 7. The van der Waals surface area contributed by atoms with Gasteiger partial charge in [-0.1, -0.05) is 35.9 Å². The maximum absolute atomic E-state index is 13.2. The number of anilines is 1. The normalized spacial score (nSPS) is 16.2. The Balaban J connectivity index is 1.28. The topological polar surface area (TPSA) is 117 Å². The van der Waals surface area contributed by atoms with E-state index in [1.807, 2.05) is 43.3 Å². The third kappa shape index (κ3) is 5.23. The highest BCUT2D eigenvalue weighted by Crippen LogP contribution is 2.38. The molecule has 1 atom stereocenters. The van der Waals surface area contributed by atoms with Crippen molar-refractivity contribution in [3.05, 3.63) is 70.4 Å². The minimum absolute atomic E-state index is 0.00337. The lowest BCUT2D eigenvalue weighted by molar-refractivity contribution is -0.122. The van der Waals surface area contributed by atoms with Crippen molar-refractivity contribution in [3.63, 3.8) is 0 Å². The zero-order valence-electron chi connectivity index (χ0n) is 20.6. The number of aliphatic hydroxyl groups is 1. The van der Waals surface area contributed by atoms with E-state index in [4.69, 9.17) is 16.3 Å². The van der Waals surface area contributed by atoms with Crippen LogP contribution in [-0.2, 0) is 11.3 Å². The van der Waals surface area contributed by atoms with E-state index in [1.54, 1.807) is 13.2 Å². The van der Waals surface area contributed by atoms with Crippen LogP contribution in [0, 0.1) is 0 Å². The van der Waals surface area contributed by atoms with Gasteiger partial charge in [0, 0.05) is 17.7 Å². The van der Waals surface area contributed by atoms with E-state index in [2.05, 4.69) is 20.6 Å². The number of rotatable bonds is 9. The summed E-state index contributed by atoms with van der Waals surface area (Å²) < 4.78 is 5.26. The monoisotopic (exact) mass is 521 g/mol. The molecule has 1 aliphatic heterocycles. The fourth-order valence-electron chi connectivity index (χ4n) is 4.43. The molecule has 0 radical (unpaired) electrons. The largest absolute Gasteiger partial charge is 0.497 e. The molecule has 1 unspecified atom stereocenters. The number of hydrogen-bond donors (Lipinski definition) is 3. The Hall–Kier alpha value is -3.69. The number of aliphatic hydroxyl groups excluding tert-OH is 1. The first-order valence-corrected chi connectivity index (χ1v) is 12.5. The number of fused-ring (bicyclic) bond motifs is 1. The molecule has 2 heterocycles. The van der Waals surface area contributed by atoms with Gasteiger partial charge in [0.05, 0.1) is 42.2 Å². The smallest absolute Gasteiger partial charge is 0.254 e. The number of aromatic nitrogens is 2. The van der Waals surface area contributed by atoms with Crippen molar-refractivity contribution in [2.75, 3.05) is 25.6 Å². The van der Waals surface area contributed by atoms with Crippen molar-refractivity contribution < 1.29 is 19.4 Å². The zero-order valence-corrected chi connectivity index (χ0v) is 21.4. The van der Waals surface area contributed by atoms with Gasteiger partial charge in [-0.05, 0) is 49.1 Å². The summed E-state index contributed by atoms with van der Waals surface area (Å²) in [5.41, 5.74) is 3.06. The third-order valence-corrected chi connectivity index (χ3v) is 7.12. The molecule has 37 heavy (non-hydrogen) atoms. The number of carbonyl (C=O) groups is 2. The van der Waals surface area contributed by atoms with Crippen LogP contribution in [0.4, 0.5) is 5.95 Å². The average Bonchev–Trinajstić information content (AvgIpc) is 3.62. The Kier molecular flexibility index (Phi) is 6.74. The molecule has 2 amide bonds. The second kappa shape index (κ2) is 9.99. The van der Waals surface area contributed by atoms with Crippen LogP contribution in [-0.4, -0.2) is 57.6 Å². The number of nitrogens with one attached hydrogen (secondary N) is 2. The molecule has 9 nitrogen and oxygen atoms in total. The molecule has 10 heteroatoms. The van der Waals surface area contributed by atoms with Crippen LogP contribution in [0.5, 0.6) is 5.75 Å². The molecule has 3 aromatic rings. The molecule has 1 aliphatic carbocycles. The van der Waals surface area contributed by atoms with E-state index in [0.29, 0.717) is 40.1 Å². The molecule has 1 saturated carbocycles. The zero-order chi connectivity index (χ0) is 26.2. The van der Waals surface area contributed by atoms with Gasteiger partial charge in [0.1, 0.15) is 12.3 Å². The lowest BCUT2D eigenvalue weighted by Crippen LogP contribution is -2.38. The molecule has 1 fully saturated rings. The average molecular weight is 522 g/mol. The SMILES string of the molecule is COc1cccc(C(C)NC(=O)CN2Cc3ccc(-c4nc(NC5(CO)CC5)ncc4Cl)cc3C2=O)c1. The minimum Gasteiger partial charge on any atom is -0.497 e. The highest BCUT2D eigenvalue weighted by Gasteiger charge is 2.42. The molecule has 2 aliphatic rings. The van der Waals surface area contributed by atoms with E-state index in [-0.39, 0.29) is 36.5 Å². The summed E-state index contributed by atoms with van der Waals surface area (Å²) in [6.07, 6.45) is 3.20. The number of carbonyl (C=O) groups excluding carboxylic acids is 2. The van der Waals surface area contributed by atoms with Crippen LogP contribution in [0.15, 0.2) is 48.7 Å². The highest BCUT2D eigenvalue weighted by molar-refractivity contribution is 6.33. The van der Waals surface area contributed by atoms with Crippen LogP contribution in [0.2, 0.25) is 5.02 Å². The van der Waals surface area contributed by atoms with Gasteiger partial charge in [0.15, 0.2) is 0 Å². The maximum atomic E-state index is 13.2. The first kappa shape index (κ1) is 25.0. The summed E-state index contributed by atoms with van der Waals surface area (Å²) in [5.74, 6) is 0.624. The van der Waals surface area contributed by atoms with Crippen molar-refractivity contribution in [3.8, 4) is 17.0 Å². The molecule has 3 N–H and O–H groups in total. The number of methoxy groups -OCH3 is 1. The lowest BCUT2D eigenvalue weighted by atomic mass is 10.0. The molecule has 0 bridgehead atoms. The van der Waals surface area contributed by atoms with Gasteiger partial charge in [0.25, 0.3) is 5.91 Å². The van der Waals surface area contributed by atoms with E-state index in [1.165, 1.54) is 11.1 Å². The van der Waals surface area contributed by atoms with Gasteiger partial charge in [0.2, 0.25) is 11.9 Å². The summed E-state index contributed by atoms with van der Waals surface area (Å²) in [6.45, 7) is 2.19. The number of nitrogens with zero attached hydrogens (tertiary/aromatic N) is 3. The molecule has 192 valence electrons. The summed E-state index contributed by atoms with van der Waals surface area (Å²) in [6, 6.07) is 12.7. The molecule has 1 aromatic heterocycles. The van der Waals surface area contributed by atoms with Gasteiger partial charge < -0.3 is 25.4 Å². The van der Waals surface area contributed by atoms with Crippen molar-refractivity contribution in [2.45, 2.75) is 37.9 Å². The highest BCUT2D eigenvalue weighted by atomic mass is 35.5. The fourth-order valence-corrected chi connectivity index (χ4v) is 4.63. The summed E-state index contributed by atoms with van der Waals surface area (Å²) >= 11 is 6.40. The third-order valence-electron chi connectivity index (χ3n) is 6.85. The van der Waals surface area contributed by atoms with E-state index < -0.39 is 0 Å².